The molecule has 0 unspecified atom stereocenters. The molecule has 2 aromatic rings. The number of aromatic hydroxyl groups is 1. The summed E-state index contributed by atoms with van der Waals surface area (Å²) in [6, 6.07) is 12.2. The van der Waals surface area contributed by atoms with Crippen molar-refractivity contribution in [2.45, 2.75) is 0 Å². The van der Waals surface area contributed by atoms with Crippen molar-refractivity contribution >= 4 is 44.4 Å². The normalized spacial score (nSPS) is 9.16. The molecule has 1 N–H and O–H groups in total. The molecule has 19 heavy (non-hydrogen) atoms. The van der Waals surface area contributed by atoms with Gasteiger partial charge in [-0.3, -0.25) is 9.59 Å². The van der Waals surface area contributed by atoms with Gasteiger partial charge in [-0.2, -0.15) is 0 Å². The highest BCUT2D eigenvalue weighted by atomic mass is 79.9. The van der Waals surface area contributed by atoms with Crippen LogP contribution in [0.25, 0.3) is 0 Å². The first-order valence-electron chi connectivity index (χ1n) is 5.22. The van der Waals surface area contributed by atoms with Gasteiger partial charge >= 0.3 is 0 Å². The lowest BCUT2D eigenvalue weighted by Crippen LogP contribution is -1.80. The number of carbonyl (C=O) groups is 2. The van der Waals surface area contributed by atoms with Crippen molar-refractivity contribution in [1.29, 1.82) is 0 Å². The number of carbonyl (C=O) groups excluding carboxylic acids is 2. The third-order valence-corrected chi connectivity index (χ3v) is 3.32. The standard InChI is InChI=1S/C7H4Br2O2.C7H6O/c8-5-1-4(3-10)2-6(9)7(5)11;8-6-7-4-2-1-3-5-7/h1-3,11H;1-6H. The van der Waals surface area contributed by atoms with Crippen LogP contribution in [0.15, 0.2) is 51.4 Å². The van der Waals surface area contributed by atoms with E-state index in [1.54, 1.807) is 24.3 Å². The molecule has 5 heteroatoms. The summed E-state index contributed by atoms with van der Waals surface area (Å²) in [5.41, 5.74) is 1.24. The molecular formula is C14H10Br2O3. The molecule has 2 aromatic carbocycles. The smallest absolute Gasteiger partial charge is 0.150 e. The molecule has 0 saturated carbocycles. The lowest BCUT2D eigenvalue weighted by molar-refractivity contribution is 0.111. The quantitative estimate of drug-likeness (QED) is 0.787. The predicted molar refractivity (Wildman–Crippen MR) is 80.7 cm³/mol. The molecule has 0 aliphatic rings. The minimum atomic E-state index is 0.107. The lowest BCUT2D eigenvalue weighted by Gasteiger charge is -1.99. The van der Waals surface area contributed by atoms with Gasteiger partial charge in [-0.05, 0) is 44.0 Å². The summed E-state index contributed by atoms with van der Waals surface area (Å²) < 4.78 is 1.02. The molecule has 2 rings (SSSR count). The molecule has 0 bridgehead atoms. The van der Waals surface area contributed by atoms with Crippen molar-refractivity contribution in [3.63, 3.8) is 0 Å². The molecule has 0 spiro atoms. The maximum absolute atomic E-state index is 10.3. The molecule has 0 aliphatic heterocycles. The number of phenolic OH excluding ortho intramolecular Hbond substituents is 1. The van der Waals surface area contributed by atoms with Crippen molar-refractivity contribution in [1.82, 2.24) is 0 Å². The highest BCUT2D eigenvalue weighted by Gasteiger charge is 2.04. The van der Waals surface area contributed by atoms with Crippen molar-refractivity contribution in [2.24, 2.45) is 0 Å². The molecular weight excluding hydrogens is 376 g/mol. The van der Waals surface area contributed by atoms with E-state index in [0.717, 1.165) is 18.1 Å². The van der Waals surface area contributed by atoms with Crippen molar-refractivity contribution in [2.75, 3.05) is 0 Å². The van der Waals surface area contributed by atoms with E-state index in [0.29, 0.717) is 14.5 Å². The van der Waals surface area contributed by atoms with E-state index >= 15 is 0 Å². The van der Waals surface area contributed by atoms with E-state index in [1.807, 2.05) is 18.2 Å². The van der Waals surface area contributed by atoms with Crippen LogP contribution >= 0.6 is 31.9 Å². The van der Waals surface area contributed by atoms with Gasteiger partial charge in [-0.25, -0.2) is 0 Å². The van der Waals surface area contributed by atoms with Crippen LogP contribution in [0, 0.1) is 0 Å². The number of aldehydes is 2. The van der Waals surface area contributed by atoms with Gasteiger partial charge in [0.05, 0.1) is 8.95 Å². The van der Waals surface area contributed by atoms with Crippen LogP contribution in [-0.4, -0.2) is 17.7 Å². The first-order valence-corrected chi connectivity index (χ1v) is 6.80. The molecule has 3 nitrogen and oxygen atoms in total. The van der Waals surface area contributed by atoms with E-state index in [4.69, 9.17) is 0 Å². The van der Waals surface area contributed by atoms with Crippen LogP contribution in [0.1, 0.15) is 20.7 Å². The van der Waals surface area contributed by atoms with Crippen LogP contribution < -0.4 is 0 Å². The highest BCUT2D eigenvalue weighted by molar-refractivity contribution is 9.11. The van der Waals surface area contributed by atoms with Crippen molar-refractivity contribution < 1.29 is 14.7 Å². The Morgan fingerprint density at radius 1 is 0.842 bits per heavy atom. The van der Waals surface area contributed by atoms with Crippen molar-refractivity contribution in [3.8, 4) is 5.75 Å². The summed E-state index contributed by atoms with van der Waals surface area (Å²) in [6.07, 6.45) is 1.55. The molecule has 98 valence electrons. The summed E-state index contributed by atoms with van der Waals surface area (Å²) in [5, 5.41) is 9.22. The zero-order valence-electron chi connectivity index (χ0n) is 9.72. The maximum atomic E-state index is 10.3. The minimum absolute atomic E-state index is 0.107. The fourth-order valence-electron chi connectivity index (χ4n) is 1.18. The Labute approximate surface area is 127 Å². The van der Waals surface area contributed by atoms with Gasteiger partial charge in [-0.15, -0.1) is 0 Å². The highest BCUT2D eigenvalue weighted by Crippen LogP contribution is 2.32. The molecule has 0 atom stereocenters. The predicted octanol–water partition coefficient (Wildman–Crippen LogP) is 4.23. The second kappa shape index (κ2) is 7.86. The minimum Gasteiger partial charge on any atom is -0.506 e. The second-order valence-corrected chi connectivity index (χ2v) is 5.19. The SMILES string of the molecule is O=Cc1cc(Br)c(O)c(Br)c1.O=Cc1ccccc1. The fraction of sp³-hybridized carbons (Fsp3) is 0. The van der Waals surface area contributed by atoms with Gasteiger partial charge in [0.2, 0.25) is 0 Å². The van der Waals surface area contributed by atoms with Crippen LogP contribution in [0.4, 0.5) is 0 Å². The van der Waals surface area contributed by atoms with Gasteiger partial charge in [-0.1, -0.05) is 30.3 Å². The topological polar surface area (TPSA) is 54.4 Å². The number of benzene rings is 2. The van der Waals surface area contributed by atoms with Gasteiger partial charge in [0.25, 0.3) is 0 Å². The molecule has 0 aromatic heterocycles. The Kier molecular flexibility index (Phi) is 6.45. The number of hydrogen-bond acceptors (Lipinski definition) is 3. The Bertz CT molecular complexity index is 545. The van der Waals surface area contributed by atoms with Crippen LogP contribution in [0.3, 0.4) is 0 Å². The molecule has 0 fully saturated rings. The maximum Gasteiger partial charge on any atom is 0.150 e. The van der Waals surface area contributed by atoms with Crippen LogP contribution in [0.5, 0.6) is 5.75 Å². The Morgan fingerprint density at radius 2 is 1.32 bits per heavy atom. The Balaban J connectivity index is 0.000000200. The third-order valence-electron chi connectivity index (χ3n) is 2.11. The number of hydrogen-bond donors (Lipinski definition) is 1. The van der Waals surface area contributed by atoms with Crippen LogP contribution in [0.2, 0.25) is 0 Å². The van der Waals surface area contributed by atoms with Gasteiger partial charge in [0.1, 0.15) is 18.3 Å². The molecule has 0 aliphatic carbocycles. The summed E-state index contributed by atoms with van der Waals surface area (Å²) in [7, 11) is 0. The second-order valence-electron chi connectivity index (χ2n) is 3.48. The van der Waals surface area contributed by atoms with E-state index in [9.17, 15) is 14.7 Å². The molecule has 0 amide bonds. The molecule has 0 saturated heterocycles. The summed E-state index contributed by atoms with van der Waals surface area (Å²) in [6.45, 7) is 0. The summed E-state index contributed by atoms with van der Waals surface area (Å²) >= 11 is 6.20. The van der Waals surface area contributed by atoms with E-state index in [2.05, 4.69) is 31.9 Å². The number of rotatable bonds is 2. The molecule has 0 heterocycles. The summed E-state index contributed by atoms with van der Waals surface area (Å²) in [5.74, 6) is 0.107. The average molecular weight is 386 g/mol. The number of phenols is 1. The Hall–Kier alpha value is -1.46. The Morgan fingerprint density at radius 3 is 1.68 bits per heavy atom. The van der Waals surface area contributed by atoms with E-state index < -0.39 is 0 Å². The fourth-order valence-corrected chi connectivity index (χ4v) is 2.41. The van der Waals surface area contributed by atoms with Gasteiger partial charge in [0.15, 0.2) is 0 Å². The van der Waals surface area contributed by atoms with E-state index in [-0.39, 0.29) is 5.75 Å². The van der Waals surface area contributed by atoms with E-state index in [1.165, 1.54) is 0 Å². The zero-order chi connectivity index (χ0) is 14.3. The largest absolute Gasteiger partial charge is 0.506 e. The lowest BCUT2D eigenvalue weighted by atomic mass is 10.2. The first-order chi connectivity index (χ1) is 9.08. The third kappa shape index (κ3) is 4.96. The average Bonchev–Trinajstić information content (AvgIpc) is 2.45. The first kappa shape index (κ1) is 15.6. The monoisotopic (exact) mass is 384 g/mol. The van der Waals surface area contributed by atoms with Gasteiger partial charge < -0.3 is 5.11 Å². The van der Waals surface area contributed by atoms with Crippen molar-refractivity contribution in [3.05, 3.63) is 62.5 Å². The summed E-state index contributed by atoms with van der Waals surface area (Å²) in [4.78, 5) is 20.3. The number of halogens is 2. The van der Waals surface area contributed by atoms with Gasteiger partial charge in [0, 0.05) is 11.1 Å². The molecule has 0 radical (unpaired) electrons. The van der Waals surface area contributed by atoms with Crippen LogP contribution in [-0.2, 0) is 0 Å². The zero-order valence-corrected chi connectivity index (χ0v) is 12.9.